The number of hydrogen-bond donors (Lipinski definition) is 2. The molecule has 1 aliphatic heterocycles. The van der Waals surface area contributed by atoms with Gasteiger partial charge in [-0.2, -0.15) is 0 Å². The number of ether oxygens (including phenoxy) is 1. The first-order valence-corrected chi connectivity index (χ1v) is 9.16. The van der Waals surface area contributed by atoms with E-state index in [-0.39, 0.29) is 0 Å². The maximum atomic E-state index is 5.97. The standard InChI is InChI=1S/C19H31N3O/c20-12-17-8-4-5-9-19(17)21-13-18-15-22(10-11-23-18)14-16-6-2-1-3-7-16/h1-3,6-7,17-19,21H,4-5,8-15,20H2. The molecule has 4 nitrogen and oxygen atoms in total. The smallest absolute Gasteiger partial charge is 0.0826 e. The van der Waals surface area contributed by atoms with Gasteiger partial charge in [-0.3, -0.25) is 4.90 Å². The zero-order chi connectivity index (χ0) is 15.9. The third kappa shape index (κ3) is 5.01. The summed E-state index contributed by atoms with van der Waals surface area (Å²) in [4.78, 5) is 2.51. The van der Waals surface area contributed by atoms with Gasteiger partial charge < -0.3 is 15.8 Å². The van der Waals surface area contributed by atoms with Gasteiger partial charge in [-0.05, 0) is 30.9 Å². The molecule has 0 radical (unpaired) electrons. The molecule has 0 spiro atoms. The first kappa shape index (κ1) is 16.9. The molecule has 1 saturated carbocycles. The fourth-order valence-corrected chi connectivity index (χ4v) is 3.93. The van der Waals surface area contributed by atoms with Crippen molar-refractivity contribution in [1.29, 1.82) is 0 Å². The van der Waals surface area contributed by atoms with Crippen LogP contribution in [0.5, 0.6) is 0 Å². The quantitative estimate of drug-likeness (QED) is 0.842. The molecular weight excluding hydrogens is 286 g/mol. The van der Waals surface area contributed by atoms with Crippen LogP contribution in [0.3, 0.4) is 0 Å². The monoisotopic (exact) mass is 317 g/mol. The molecule has 3 atom stereocenters. The molecule has 0 aromatic heterocycles. The second-order valence-corrected chi connectivity index (χ2v) is 7.01. The van der Waals surface area contributed by atoms with Crippen LogP contribution in [0, 0.1) is 5.92 Å². The summed E-state index contributed by atoms with van der Waals surface area (Å²) in [6, 6.07) is 11.3. The number of benzene rings is 1. The molecule has 0 bridgehead atoms. The Labute approximate surface area is 140 Å². The summed E-state index contributed by atoms with van der Waals surface area (Å²) in [5, 5.41) is 3.75. The largest absolute Gasteiger partial charge is 0.374 e. The van der Waals surface area contributed by atoms with E-state index in [4.69, 9.17) is 10.5 Å². The van der Waals surface area contributed by atoms with Crippen LogP contribution in [0.15, 0.2) is 30.3 Å². The predicted molar refractivity (Wildman–Crippen MR) is 94.3 cm³/mol. The normalized spacial score (nSPS) is 29.5. The van der Waals surface area contributed by atoms with Crippen LogP contribution in [0.4, 0.5) is 0 Å². The van der Waals surface area contributed by atoms with E-state index in [1.807, 2.05) is 0 Å². The number of morpholine rings is 1. The van der Waals surface area contributed by atoms with E-state index >= 15 is 0 Å². The van der Waals surface area contributed by atoms with Crippen LogP contribution in [0.2, 0.25) is 0 Å². The lowest BCUT2D eigenvalue weighted by atomic mass is 9.84. The van der Waals surface area contributed by atoms with Crippen LogP contribution in [-0.4, -0.2) is 49.8 Å². The van der Waals surface area contributed by atoms with E-state index in [2.05, 4.69) is 40.5 Å². The number of nitrogens with zero attached hydrogens (tertiary/aromatic N) is 1. The Hall–Kier alpha value is -0.940. The zero-order valence-corrected chi connectivity index (χ0v) is 14.1. The summed E-state index contributed by atoms with van der Waals surface area (Å²) < 4.78 is 5.97. The summed E-state index contributed by atoms with van der Waals surface area (Å²) in [6.07, 6.45) is 5.51. The molecule has 3 unspecified atom stereocenters. The molecular formula is C19H31N3O. The third-order valence-corrected chi connectivity index (χ3v) is 5.29. The summed E-state index contributed by atoms with van der Waals surface area (Å²) in [6.45, 7) is 5.66. The summed E-state index contributed by atoms with van der Waals surface area (Å²) in [7, 11) is 0. The molecule has 4 heteroatoms. The van der Waals surface area contributed by atoms with E-state index in [1.165, 1.54) is 31.2 Å². The highest BCUT2D eigenvalue weighted by molar-refractivity contribution is 5.14. The van der Waals surface area contributed by atoms with Crippen LogP contribution in [0.1, 0.15) is 31.2 Å². The second-order valence-electron chi connectivity index (χ2n) is 7.01. The van der Waals surface area contributed by atoms with Crippen molar-refractivity contribution in [3.8, 4) is 0 Å². The Morgan fingerprint density at radius 3 is 2.83 bits per heavy atom. The highest BCUT2D eigenvalue weighted by Gasteiger charge is 2.26. The highest BCUT2D eigenvalue weighted by Crippen LogP contribution is 2.23. The van der Waals surface area contributed by atoms with Gasteiger partial charge in [0.15, 0.2) is 0 Å². The van der Waals surface area contributed by atoms with Gasteiger partial charge in [0.2, 0.25) is 0 Å². The van der Waals surface area contributed by atoms with Crippen molar-refractivity contribution in [3.63, 3.8) is 0 Å². The first-order valence-electron chi connectivity index (χ1n) is 9.16. The SMILES string of the molecule is NCC1CCCCC1NCC1CN(Cc2ccccc2)CCO1. The second kappa shape index (κ2) is 8.78. The predicted octanol–water partition coefficient (Wildman–Crippen LogP) is 1.99. The van der Waals surface area contributed by atoms with Crippen molar-refractivity contribution >= 4 is 0 Å². The van der Waals surface area contributed by atoms with Crippen molar-refractivity contribution in [3.05, 3.63) is 35.9 Å². The van der Waals surface area contributed by atoms with Crippen molar-refractivity contribution in [2.24, 2.45) is 11.7 Å². The maximum absolute atomic E-state index is 5.97. The van der Waals surface area contributed by atoms with Crippen molar-refractivity contribution in [1.82, 2.24) is 10.2 Å². The van der Waals surface area contributed by atoms with Crippen LogP contribution in [0.25, 0.3) is 0 Å². The van der Waals surface area contributed by atoms with Crippen molar-refractivity contribution < 1.29 is 4.74 Å². The van der Waals surface area contributed by atoms with Gasteiger partial charge >= 0.3 is 0 Å². The maximum Gasteiger partial charge on any atom is 0.0826 e. The molecule has 1 aromatic carbocycles. The minimum absolute atomic E-state index is 0.299. The average Bonchev–Trinajstić information content (AvgIpc) is 2.61. The molecule has 3 N–H and O–H groups in total. The summed E-state index contributed by atoms with van der Waals surface area (Å²) in [5.74, 6) is 0.646. The lowest BCUT2D eigenvalue weighted by Gasteiger charge is -2.36. The first-order chi connectivity index (χ1) is 11.3. The van der Waals surface area contributed by atoms with Gasteiger partial charge in [0.05, 0.1) is 12.7 Å². The number of nitrogens with one attached hydrogen (secondary N) is 1. The fourth-order valence-electron chi connectivity index (χ4n) is 3.93. The molecule has 1 heterocycles. The molecule has 1 saturated heterocycles. The molecule has 2 fully saturated rings. The lowest BCUT2D eigenvalue weighted by molar-refractivity contribution is -0.0321. The van der Waals surface area contributed by atoms with Gasteiger partial charge in [0.1, 0.15) is 0 Å². The number of hydrogen-bond acceptors (Lipinski definition) is 4. The Morgan fingerprint density at radius 1 is 1.17 bits per heavy atom. The van der Waals surface area contributed by atoms with Gasteiger partial charge in [-0.25, -0.2) is 0 Å². The summed E-state index contributed by atoms with van der Waals surface area (Å²) in [5.41, 5.74) is 7.32. The molecule has 0 amide bonds. The Balaban J connectivity index is 1.45. The minimum Gasteiger partial charge on any atom is -0.374 e. The van der Waals surface area contributed by atoms with Crippen LogP contribution >= 0.6 is 0 Å². The average molecular weight is 317 g/mol. The minimum atomic E-state index is 0.299. The van der Waals surface area contributed by atoms with Crippen molar-refractivity contribution in [2.75, 3.05) is 32.8 Å². The lowest BCUT2D eigenvalue weighted by Crippen LogP contribution is -2.50. The number of nitrogens with two attached hydrogens (primary N) is 1. The van der Waals surface area contributed by atoms with Crippen molar-refractivity contribution in [2.45, 2.75) is 44.4 Å². The van der Waals surface area contributed by atoms with Gasteiger partial charge in [0, 0.05) is 32.2 Å². The highest BCUT2D eigenvalue weighted by atomic mass is 16.5. The molecule has 1 aromatic rings. The van der Waals surface area contributed by atoms with E-state index in [1.54, 1.807) is 0 Å². The fraction of sp³-hybridized carbons (Fsp3) is 0.684. The molecule has 23 heavy (non-hydrogen) atoms. The van der Waals surface area contributed by atoms with E-state index < -0.39 is 0 Å². The van der Waals surface area contributed by atoms with Gasteiger partial charge in [0.25, 0.3) is 0 Å². The van der Waals surface area contributed by atoms with Gasteiger partial charge in [-0.1, -0.05) is 43.2 Å². The third-order valence-electron chi connectivity index (χ3n) is 5.29. The number of rotatable bonds is 6. The van der Waals surface area contributed by atoms with E-state index in [0.29, 0.717) is 18.1 Å². The zero-order valence-electron chi connectivity index (χ0n) is 14.1. The van der Waals surface area contributed by atoms with E-state index in [0.717, 1.165) is 39.3 Å². The van der Waals surface area contributed by atoms with Gasteiger partial charge in [-0.15, -0.1) is 0 Å². The topological polar surface area (TPSA) is 50.5 Å². The van der Waals surface area contributed by atoms with E-state index in [9.17, 15) is 0 Å². The summed E-state index contributed by atoms with van der Waals surface area (Å²) >= 11 is 0. The van der Waals surface area contributed by atoms with Crippen LogP contribution < -0.4 is 11.1 Å². The molecule has 1 aliphatic carbocycles. The Kier molecular flexibility index (Phi) is 6.46. The molecule has 3 rings (SSSR count). The molecule has 2 aliphatic rings. The van der Waals surface area contributed by atoms with Crippen LogP contribution in [-0.2, 0) is 11.3 Å². The Morgan fingerprint density at radius 2 is 2.00 bits per heavy atom. The molecule has 128 valence electrons. The Bertz CT molecular complexity index is 453.